The van der Waals surface area contributed by atoms with Crippen molar-refractivity contribution in [1.82, 2.24) is 4.98 Å². The zero-order chi connectivity index (χ0) is 20.1. The molecule has 7 heteroatoms. The smallest absolute Gasteiger partial charge is 0.257 e. The Morgan fingerprint density at radius 1 is 1.00 bits per heavy atom. The molecule has 0 radical (unpaired) electrons. The van der Waals surface area contributed by atoms with Gasteiger partial charge in [0.1, 0.15) is 6.07 Å². The number of nitrogens with zero attached hydrogens (tertiary/aromatic N) is 2. The van der Waals surface area contributed by atoms with Gasteiger partial charge in [-0.2, -0.15) is 5.26 Å². The van der Waals surface area contributed by atoms with Crippen LogP contribution in [0.2, 0.25) is 5.02 Å². The van der Waals surface area contributed by atoms with E-state index in [0.717, 1.165) is 5.56 Å². The zero-order valence-corrected chi connectivity index (χ0v) is 15.6. The van der Waals surface area contributed by atoms with Gasteiger partial charge in [-0.25, -0.2) is 0 Å². The highest BCUT2D eigenvalue weighted by Gasteiger charge is 2.13. The molecule has 6 nitrogen and oxygen atoms in total. The average Bonchev–Trinajstić information content (AvgIpc) is 2.71. The lowest BCUT2D eigenvalue weighted by atomic mass is 10.1. The molecule has 2 amide bonds. The molecule has 2 N–H and O–H groups in total. The summed E-state index contributed by atoms with van der Waals surface area (Å²) >= 11 is 6.07. The molecule has 0 bridgehead atoms. The van der Waals surface area contributed by atoms with Gasteiger partial charge < -0.3 is 10.6 Å². The molecule has 0 atom stereocenters. The van der Waals surface area contributed by atoms with Crippen molar-refractivity contribution in [2.75, 3.05) is 10.6 Å². The first-order valence-corrected chi connectivity index (χ1v) is 8.69. The summed E-state index contributed by atoms with van der Waals surface area (Å²) in [5.74, 6) is -0.886. The van der Waals surface area contributed by atoms with Crippen LogP contribution < -0.4 is 10.6 Å². The van der Waals surface area contributed by atoms with Crippen molar-refractivity contribution < 1.29 is 9.59 Å². The zero-order valence-electron chi connectivity index (χ0n) is 14.9. The Hall–Kier alpha value is -3.69. The Kier molecular flexibility index (Phi) is 5.68. The maximum Gasteiger partial charge on any atom is 0.257 e. The maximum absolute atomic E-state index is 12.5. The molecule has 0 aliphatic carbocycles. The lowest BCUT2D eigenvalue weighted by Gasteiger charge is -2.09. The molecule has 0 aliphatic heterocycles. The van der Waals surface area contributed by atoms with Gasteiger partial charge in [-0.15, -0.1) is 0 Å². The molecule has 0 saturated heterocycles. The number of anilines is 2. The van der Waals surface area contributed by atoms with Gasteiger partial charge in [-0.3, -0.25) is 14.6 Å². The van der Waals surface area contributed by atoms with E-state index in [4.69, 9.17) is 16.9 Å². The summed E-state index contributed by atoms with van der Waals surface area (Å²) in [4.78, 5) is 28.9. The number of amides is 2. The number of aryl methyl sites for hydroxylation is 1. The van der Waals surface area contributed by atoms with Crippen molar-refractivity contribution in [1.29, 1.82) is 5.26 Å². The van der Waals surface area contributed by atoms with Gasteiger partial charge in [-0.05, 0) is 42.8 Å². The fraction of sp³-hybridized carbons (Fsp3) is 0.0476. The van der Waals surface area contributed by atoms with Crippen LogP contribution in [-0.2, 0) is 0 Å². The van der Waals surface area contributed by atoms with Crippen molar-refractivity contribution in [3.8, 4) is 6.07 Å². The third-order valence-corrected chi connectivity index (χ3v) is 4.40. The first-order valence-electron chi connectivity index (χ1n) is 8.31. The summed E-state index contributed by atoms with van der Waals surface area (Å²) in [6.07, 6.45) is 2.72. The van der Waals surface area contributed by atoms with Crippen LogP contribution >= 0.6 is 11.6 Å². The van der Waals surface area contributed by atoms with Crippen LogP contribution in [0.25, 0.3) is 0 Å². The summed E-state index contributed by atoms with van der Waals surface area (Å²) in [7, 11) is 0. The van der Waals surface area contributed by atoms with Gasteiger partial charge in [-0.1, -0.05) is 29.8 Å². The van der Waals surface area contributed by atoms with E-state index in [-0.39, 0.29) is 11.1 Å². The lowest BCUT2D eigenvalue weighted by molar-refractivity contribution is 0.102. The second kappa shape index (κ2) is 8.33. The summed E-state index contributed by atoms with van der Waals surface area (Å²) in [6.45, 7) is 1.87. The molecule has 0 spiro atoms. The summed E-state index contributed by atoms with van der Waals surface area (Å²) in [5.41, 5.74) is 2.59. The van der Waals surface area contributed by atoms with Crippen LogP contribution in [-0.4, -0.2) is 16.8 Å². The minimum atomic E-state index is -0.469. The Balaban J connectivity index is 1.77. The van der Waals surface area contributed by atoms with Crippen LogP contribution in [0, 0.1) is 18.3 Å². The number of nitriles is 1. The number of hydrogen-bond acceptors (Lipinski definition) is 4. The van der Waals surface area contributed by atoms with Crippen LogP contribution in [0.15, 0.2) is 60.9 Å². The summed E-state index contributed by atoms with van der Waals surface area (Å²) in [5, 5.41) is 15.0. The third kappa shape index (κ3) is 4.34. The van der Waals surface area contributed by atoms with E-state index < -0.39 is 11.8 Å². The summed E-state index contributed by atoms with van der Waals surface area (Å²) in [6, 6.07) is 15.3. The van der Waals surface area contributed by atoms with Crippen LogP contribution in [0.3, 0.4) is 0 Å². The molecule has 28 heavy (non-hydrogen) atoms. The van der Waals surface area contributed by atoms with Crippen molar-refractivity contribution in [2.45, 2.75) is 6.92 Å². The maximum atomic E-state index is 12.5. The van der Waals surface area contributed by atoms with E-state index in [1.807, 2.05) is 13.0 Å². The number of carbonyl (C=O) groups is 2. The van der Waals surface area contributed by atoms with Gasteiger partial charge in [0, 0.05) is 23.1 Å². The monoisotopic (exact) mass is 390 g/mol. The molecule has 3 rings (SSSR count). The van der Waals surface area contributed by atoms with Crippen molar-refractivity contribution in [2.24, 2.45) is 0 Å². The highest BCUT2D eigenvalue weighted by molar-refractivity contribution is 6.31. The minimum absolute atomic E-state index is 0.197. The normalized spacial score (nSPS) is 10.0. The topological polar surface area (TPSA) is 94.9 Å². The van der Waals surface area contributed by atoms with Crippen LogP contribution in [0.1, 0.15) is 31.8 Å². The highest BCUT2D eigenvalue weighted by atomic mass is 35.5. The van der Waals surface area contributed by atoms with E-state index in [1.165, 1.54) is 18.5 Å². The van der Waals surface area contributed by atoms with Crippen molar-refractivity contribution >= 4 is 34.8 Å². The molecule has 1 aromatic heterocycles. The number of carbonyl (C=O) groups excluding carboxylic acids is 2. The van der Waals surface area contributed by atoms with E-state index in [1.54, 1.807) is 42.5 Å². The Morgan fingerprint density at radius 2 is 1.68 bits per heavy atom. The van der Waals surface area contributed by atoms with Gasteiger partial charge >= 0.3 is 0 Å². The average molecular weight is 391 g/mol. The Morgan fingerprint density at radius 3 is 2.36 bits per heavy atom. The molecule has 0 unspecified atom stereocenters. The first kappa shape index (κ1) is 19.1. The SMILES string of the molecule is Cc1ccc(NC(=O)c2cncc(C(=O)Nc3ccccc3C#N)c2)cc1Cl. The largest absolute Gasteiger partial charge is 0.322 e. The molecule has 1 heterocycles. The Labute approximate surface area is 166 Å². The number of benzene rings is 2. The van der Waals surface area contributed by atoms with Crippen molar-refractivity contribution in [3.63, 3.8) is 0 Å². The second-order valence-electron chi connectivity index (χ2n) is 5.99. The number of halogens is 1. The van der Waals surface area contributed by atoms with E-state index in [0.29, 0.717) is 22.0 Å². The van der Waals surface area contributed by atoms with Gasteiger partial charge in [0.05, 0.1) is 22.4 Å². The molecule has 0 fully saturated rings. The number of rotatable bonds is 4. The molecule has 3 aromatic rings. The number of aromatic nitrogens is 1. The number of para-hydroxylation sites is 1. The van der Waals surface area contributed by atoms with E-state index >= 15 is 0 Å². The van der Waals surface area contributed by atoms with E-state index in [9.17, 15) is 9.59 Å². The van der Waals surface area contributed by atoms with Crippen molar-refractivity contribution in [3.05, 3.63) is 88.2 Å². The predicted molar refractivity (Wildman–Crippen MR) is 107 cm³/mol. The molecule has 0 aliphatic rings. The molecule has 2 aromatic carbocycles. The standard InChI is InChI=1S/C21H15ClN4O2/c1-13-6-7-17(9-18(13)22)25-20(27)15-8-16(12-24-11-15)21(28)26-19-5-3-2-4-14(19)10-23/h2-9,11-12H,1H3,(H,25,27)(H,26,28). The number of pyridine rings is 1. The first-order chi connectivity index (χ1) is 13.5. The molecular formula is C21H15ClN4O2. The Bertz CT molecular complexity index is 1110. The molecular weight excluding hydrogens is 376 g/mol. The predicted octanol–water partition coefficient (Wildman–Crippen LogP) is 4.42. The van der Waals surface area contributed by atoms with E-state index in [2.05, 4.69) is 15.6 Å². The van der Waals surface area contributed by atoms with Gasteiger partial charge in [0.15, 0.2) is 0 Å². The minimum Gasteiger partial charge on any atom is -0.322 e. The third-order valence-electron chi connectivity index (χ3n) is 3.99. The number of hydrogen-bond donors (Lipinski definition) is 2. The van der Waals surface area contributed by atoms with Crippen LogP contribution in [0.5, 0.6) is 0 Å². The summed E-state index contributed by atoms with van der Waals surface area (Å²) < 4.78 is 0. The highest BCUT2D eigenvalue weighted by Crippen LogP contribution is 2.21. The van der Waals surface area contributed by atoms with Crippen LogP contribution in [0.4, 0.5) is 11.4 Å². The molecule has 0 saturated carbocycles. The fourth-order valence-corrected chi connectivity index (χ4v) is 2.63. The number of nitrogens with one attached hydrogen (secondary N) is 2. The second-order valence-corrected chi connectivity index (χ2v) is 6.40. The quantitative estimate of drug-likeness (QED) is 0.689. The fourth-order valence-electron chi connectivity index (χ4n) is 2.45. The van der Waals surface area contributed by atoms with Gasteiger partial charge in [0.2, 0.25) is 0 Å². The lowest BCUT2D eigenvalue weighted by Crippen LogP contribution is -2.16. The molecule has 138 valence electrons. The van der Waals surface area contributed by atoms with Gasteiger partial charge in [0.25, 0.3) is 11.8 Å².